The number of benzene rings is 1. The smallest absolute Gasteiger partial charge is 0.404 e. The fourth-order valence-electron chi connectivity index (χ4n) is 0.998. The molecule has 0 saturated heterocycles. The van der Waals surface area contributed by atoms with E-state index in [4.69, 9.17) is 11.6 Å². The van der Waals surface area contributed by atoms with E-state index in [2.05, 4.69) is 4.74 Å². The molecule has 1 aromatic rings. The van der Waals surface area contributed by atoms with Gasteiger partial charge in [-0.2, -0.15) is 0 Å². The second kappa shape index (κ2) is 3.69. The minimum absolute atomic E-state index is 0.0366. The van der Waals surface area contributed by atoms with Crippen LogP contribution in [-0.2, 0) is 0 Å². The van der Waals surface area contributed by atoms with Crippen molar-refractivity contribution in [2.45, 2.75) is 20.2 Å². The first kappa shape index (κ1) is 11.2. The Labute approximate surface area is 84.4 Å². The number of hydrogen-bond acceptors (Lipinski definition) is 1. The number of ether oxygens (including phenoxy) is 1. The molecular formula is C9H8ClF3O. The highest BCUT2D eigenvalue weighted by atomic mass is 35.5. The first-order valence-corrected chi connectivity index (χ1v) is 4.20. The Bertz CT molecular complexity index is 347. The fraction of sp³-hybridized carbons (Fsp3) is 0.333. The minimum atomic E-state index is -4.71. The van der Waals surface area contributed by atoms with Gasteiger partial charge in [-0.05, 0) is 31.0 Å². The van der Waals surface area contributed by atoms with Crippen molar-refractivity contribution in [1.29, 1.82) is 0 Å². The molecule has 0 unspecified atom stereocenters. The number of aryl methyl sites for hydroxylation is 1. The lowest BCUT2D eigenvalue weighted by molar-refractivity contribution is -0.274. The molecule has 0 aliphatic heterocycles. The van der Waals surface area contributed by atoms with Gasteiger partial charge in [0.05, 0.1) is 5.02 Å². The maximum Gasteiger partial charge on any atom is 0.573 e. The third-order valence-electron chi connectivity index (χ3n) is 1.85. The largest absolute Gasteiger partial charge is 0.573 e. The van der Waals surface area contributed by atoms with Crippen molar-refractivity contribution < 1.29 is 17.9 Å². The van der Waals surface area contributed by atoms with Gasteiger partial charge in [-0.1, -0.05) is 17.7 Å². The molecule has 0 bridgehead atoms. The van der Waals surface area contributed by atoms with Crippen LogP contribution in [0.5, 0.6) is 5.75 Å². The zero-order valence-corrected chi connectivity index (χ0v) is 8.33. The molecule has 0 N–H and O–H groups in total. The van der Waals surface area contributed by atoms with E-state index >= 15 is 0 Å². The van der Waals surface area contributed by atoms with Crippen molar-refractivity contribution in [3.63, 3.8) is 0 Å². The van der Waals surface area contributed by atoms with E-state index in [1.165, 1.54) is 13.0 Å². The lowest BCUT2D eigenvalue weighted by Crippen LogP contribution is -2.18. The second-order valence-electron chi connectivity index (χ2n) is 2.87. The van der Waals surface area contributed by atoms with Gasteiger partial charge >= 0.3 is 6.36 Å². The Kier molecular flexibility index (Phi) is 2.95. The number of halogens is 4. The van der Waals surface area contributed by atoms with Crippen molar-refractivity contribution in [2.24, 2.45) is 0 Å². The van der Waals surface area contributed by atoms with Crippen molar-refractivity contribution in [3.05, 3.63) is 28.3 Å². The van der Waals surface area contributed by atoms with E-state index in [0.717, 1.165) is 0 Å². The molecular weight excluding hydrogens is 217 g/mol. The third kappa shape index (κ3) is 2.54. The topological polar surface area (TPSA) is 9.23 Å². The highest BCUT2D eigenvalue weighted by Crippen LogP contribution is 2.34. The summed E-state index contributed by atoms with van der Waals surface area (Å²) in [7, 11) is 0. The summed E-state index contributed by atoms with van der Waals surface area (Å²) < 4.78 is 39.7. The summed E-state index contributed by atoms with van der Waals surface area (Å²) in [5, 5.41) is -0.0366. The summed E-state index contributed by atoms with van der Waals surface area (Å²) in [5.41, 5.74) is 1.10. The standard InChI is InChI=1S/C9H8ClF3O/c1-5-3-4-7(10)8(6(5)2)14-9(11,12)13/h3-4H,1-2H3. The van der Waals surface area contributed by atoms with Gasteiger partial charge in [0.25, 0.3) is 0 Å². The van der Waals surface area contributed by atoms with E-state index in [-0.39, 0.29) is 10.8 Å². The molecule has 0 aliphatic rings. The van der Waals surface area contributed by atoms with Crippen molar-refractivity contribution >= 4 is 11.6 Å². The van der Waals surface area contributed by atoms with Crippen LogP contribution in [0.25, 0.3) is 0 Å². The Morgan fingerprint density at radius 2 is 1.79 bits per heavy atom. The summed E-state index contributed by atoms with van der Waals surface area (Å²) in [6, 6.07) is 3.02. The molecule has 78 valence electrons. The van der Waals surface area contributed by atoms with Crippen molar-refractivity contribution in [2.75, 3.05) is 0 Å². The molecule has 0 saturated carbocycles. The van der Waals surface area contributed by atoms with E-state index < -0.39 is 6.36 Å². The molecule has 0 aliphatic carbocycles. The van der Waals surface area contributed by atoms with Crippen LogP contribution < -0.4 is 4.74 Å². The van der Waals surface area contributed by atoms with E-state index in [9.17, 15) is 13.2 Å². The normalized spacial score (nSPS) is 11.6. The Morgan fingerprint density at radius 3 is 2.29 bits per heavy atom. The lowest BCUT2D eigenvalue weighted by atomic mass is 10.1. The summed E-state index contributed by atoms with van der Waals surface area (Å²) in [6.45, 7) is 3.22. The number of alkyl halides is 3. The Balaban J connectivity index is 3.13. The molecule has 0 aromatic heterocycles. The SMILES string of the molecule is Cc1ccc(Cl)c(OC(F)(F)F)c1C. The van der Waals surface area contributed by atoms with Gasteiger partial charge in [-0.15, -0.1) is 13.2 Å². The van der Waals surface area contributed by atoms with Gasteiger partial charge in [0.2, 0.25) is 0 Å². The molecule has 0 amide bonds. The predicted molar refractivity (Wildman–Crippen MR) is 47.6 cm³/mol. The third-order valence-corrected chi connectivity index (χ3v) is 2.14. The van der Waals surface area contributed by atoms with E-state index in [1.807, 2.05) is 0 Å². The highest BCUT2D eigenvalue weighted by molar-refractivity contribution is 6.32. The Morgan fingerprint density at radius 1 is 1.21 bits per heavy atom. The zero-order chi connectivity index (χ0) is 10.9. The fourth-order valence-corrected chi connectivity index (χ4v) is 1.24. The number of hydrogen-bond donors (Lipinski definition) is 0. The van der Waals surface area contributed by atoms with Gasteiger partial charge < -0.3 is 4.74 Å². The molecule has 0 spiro atoms. The maximum absolute atomic E-state index is 12.0. The minimum Gasteiger partial charge on any atom is -0.404 e. The van der Waals surface area contributed by atoms with Crippen LogP contribution in [0.1, 0.15) is 11.1 Å². The first-order valence-electron chi connectivity index (χ1n) is 3.82. The molecule has 0 atom stereocenters. The molecule has 14 heavy (non-hydrogen) atoms. The first-order chi connectivity index (χ1) is 6.31. The van der Waals surface area contributed by atoms with Gasteiger partial charge in [-0.3, -0.25) is 0 Å². The highest BCUT2D eigenvalue weighted by Gasteiger charge is 2.32. The lowest BCUT2D eigenvalue weighted by Gasteiger charge is -2.14. The molecule has 1 nitrogen and oxygen atoms in total. The van der Waals surface area contributed by atoms with Gasteiger partial charge in [-0.25, -0.2) is 0 Å². The van der Waals surface area contributed by atoms with Crippen LogP contribution in [0, 0.1) is 13.8 Å². The summed E-state index contributed by atoms with van der Waals surface area (Å²) in [4.78, 5) is 0. The van der Waals surface area contributed by atoms with Crippen molar-refractivity contribution in [1.82, 2.24) is 0 Å². The predicted octanol–water partition coefficient (Wildman–Crippen LogP) is 3.86. The van der Waals surface area contributed by atoms with Crippen LogP contribution in [0.2, 0.25) is 5.02 Å². The molecule has 0 radical (unpaired) electrons. The molecule has 0 heterocycles. The van der Waals surface area contributed by atoms with Gasteiger partial charge in [0, 0.05) is 0 Å². The van der Waals surface area contributed by atoms with Crippen molar-refractivity contribution in [3.8, 4) is 5.75 Å². The summed E-state index contributed by atoms with van der Waals surface area (Å²) in [6.07, 6.45) is -4.71. The van der Waals surface area contributed by atoms with Gasteiger partial charge in [0.1, 0.15) is 0 Å². The number of rotatable bonds is 1. The maximum atomic E-state index is 12.0. The Hall–Kier alpha value is -0.900. The summed E-state index contributed by atoms with van der Waals surface area (Å²) >= 11 is 5.58. The second-order valence-corrected chi connectivity index (χ2v) is 3.27. The molecule has 5 heteroatoms. The van der Waals surface area contributed by atoms with E-state index in [0.29, 0.717) is 11.1 Å². The monoisotopic (exact) mass is 224 g/mol. The average molecular weight is 225 g/mol. The van der Waals surface area contributed by atoms with Gasteiger partial charge in [0.15, 0.2) is 5.75 Å². The van der Waals surface area contributed by atoms with Crippen LogP contribution in [0.3, 0.4) is 0 Å². The molecule has 0 fully saturated rings. The summed E-state index contributed by atoms with van der Waals surface area (Å²) in [5.74, 6) is -0.320. The average Bonchev–Trinajstić information content (AvgIpc) is 2.04. The molecule has 1 rings (SSSR count). The van der Waals surface area contributed by atoms with Crippen LogP contribution in [0.4, 0.5) is 13.2 Å². The van der Waals surface area contributed by atoms with Crippen LogP contribution in [0.15, 0.2) is 12.1 Å². The quantitative estimate of drug-likeness (QED) is 0.704. The zero-order valence-electron chi connectivity index (χ0n) is 7.57. The van der Waals surface area contributed by atoms with E-state index in [1.54, 1.807) is 13.0 Å². The van der Waals surface area contributed by atoms with Crippen LogP contribution >= 0.6 is 11.6 Å². The molecule has 1 aromatic carbocycles. The van der Waals surface area contributed by atoms with Crippen LogP contribution in [-0.4, -0.2) is 6.36 Å².